The van der Waals surface area contributed by atoms with Gasteiger partial charge in [0, 0.05) is 25.7 Å². The van der Waals surface area contributed by atoms with Crippen molar-refractivity contribution in [1.82, 2.24) is 15.3 Å². The number of thiocarbonyl (C=S) groups is 1. The third-order valence-corrected chi connectivity index (χ3v) is 3.10. The Morgan fingerprint density at radius 1 is 1.35 bits per heavy atom. The van der Waals surface area contributed by atoms with Crippen molar-refractivity contribution in [1.29, 1.82) is 0 Å². The van der Waals surface area contributed by atoms with E-state index in [-0.39, 0.29) is 18.3 Å². The van der Waals surface area contributed by atoms with Crippen molar-refractivity contribution < 1.29 is 14.3 Å². The molecule has 0 aromatic heterocycles. The van der Waals surface area contributed by atoms with Crippen LogP contribution >= 0.6 is 12.2 Å². The first-order valence-corrected chi connectivity index (χ1v) is 7.16. The predicted octanol–water partition coefficient (Wildman–Crippen LogP) is 0.840. The maximum Gasteiger partial charge on any atom is 0.307 e. The molecule has 0 radical (unpaired) electrons. The number of carbonyl (C=O) groups excluding carboxylic acids is 2. The molecule has 1 amide bonds. The second-order valence-electron chi connectivity index (χ2n) is 4.23. The smallest absolute Gasteiger partial charge is 0.307 e. The van der Waals surface area contributed by atoms with Gasteiger partial charge < -0.3 is 10.1 Å². The zero-order valence-electron chi connectivity index (χ0n) is 11.9. The number of esters is 1. The topological polar surface area (TPSA) is 61.9 Å². The number of nitrogens with zero attached hydrogens (tertiary/aromatic N) is 2. The van der Waals surface area contributed by atoms with Gasteiger partial charge in [0.15, 0.2) is 5.11 Å². The van der Waals surface area contributed by atoms with E-state index >= 15 is 0 Å². The standard InChI is InChI=1S/C13H21N3O3S/c1-3-6-11(17)15-9-5-10-16(15)13(20)14-8-7-12(18)19-4-2/h3,6H,4-5,7-10H2,1-2H3,(H,14,20)/b6-3+. The lowest BCUT2D eigenvalue weighted by molar-refractivity contribution is -0.143. The van der Waals surface area contributed by atoms with E-state index in [0.29, 0.717) is 31.4 Å². The summed E-state index contributed by atoms with van der Waals surface area (Å²) < 4.78 is 4.83. The Morgan fingerprint density at radius 3 is 2.70 bits per heavy atom. The number of ether oxygens (including phenoxy) is 1. The minimum absolute atomic E-state index is 0.0838. The maximum absolute atomic E-state index is 11.9. The number of rotatable bonds is 5. The quantitative estimate of drug-likeness (QED) is 0.461. The van der Waals surface area contributed by atoms with Crippen molar-refractivity contribution in [3.05, 3.63) is 12.2 Å². The van der Waals surface area contributed by atoms with Gasteiger partial charge in [0.25, 0.3) is 5.91 Å². The lowest BCUT2D eigenvalue weighted by Gasteiger charge is -2.29. The van der Waals surface area contributed by atoms with Crippen molar-refractivity contribution in [2.45, 2.75) is 26.7 Å². The molecule has 20 heavy (non-hydrogen) atoms. The molecule has 0 aromatic carbocycles. The third kappa shape index (κ3) is 4.80. The minimum atomic E-state index is -0.258. The predicted molar refractivity (Wildman–Crippen MR) is 79.7 cm³/mol. The molecule has 1 rings (SSSR count). The van der Waals surface area contributed by atoms with Crippen LogP contribution in [0, 0.1) is 0 Å². The summed E-state index contributed by atoms with van der Waals surface area (Å²) in [4.78, 5) is 23.1. The normalized spacial score (nSPS) is 14.7. The highest BCUT2D eigenvalue weighted by atomic mass is 32.1. The van der Waals surface area contributed by atoms with Crippen LogP contribution in [0.3, 0.4) is 0 Å². The molecule has 112 valence electrons. The van der Waals surface area contributed by atoms with Crippen LogP contribution in [0.25, 0.3) is 0 Å². The van der Waals surface area contributed by atoms with E-state index in [0.717, 1.165) is 6.42 Å². The van der Waals surface area contributed by atoms with Gasteiger partial charge in [-0.25, -0.2) is 5.01 Å². The average Bonchev–Trinajstić information content (AvgIpc) is 2.88. The Balaban J connectivity index is 2.42. The van der Waals surface area contributed by atoms with E-state index < -0.39 is 0 Å². The van der Waals surface area contributed by atoms with Crippen molar-refractivity contribution in [2.75, 3.05) is 26.2 Å². The first-order chi connectivity index (χ1) is 9.60. The van der Waals surface area contributed by atoms with E-state index in [1.54, 1.807) is 29.9 Å². The third-order valence-electron chi connectivity index (χ3n) is 2.74. The highest BCUT2D eigenvalue weighted by Gasteiger charge is 2.27. The van der Waals surface area contributed by atoms with E-state index in [9.17, 15) is 9.59 Å². The summed E-state index contributed by atoms with van der Waals surface area (Å²) in [6.07, 6.45) is 4.35. The fourth-order valence-electron chi connectivity index (χ4n) is 1.88. The van der Waals surface area contributed by atoms with Gasteiger partial charge in [-0.1, -0.05) is 6.08 Å². The zero-order chi connectivity index (χ0) is 15.0. The van der Waals surface area contributed by atoms with Crippen LogP contribution in [0.2, 0.25) is 0 Å². The highest BCUT2D eigenvalue weighted by Crippen LogP contribution is 2.11. The van der Waals surface area contributed by atoms with Crippen molar-refractivity contribution in [3.8, 4) is 0 Å². The molecule has 0 spiro atoms. The number of nitrogens with one attached hydrogen (secondary N) is 1. The fraction of sp³-hybridized carbons (Fsp3) is 0.615. The number of carbonyl (C=O) groups is 2. The monoisotopic (exact) mass is 299 g/mol. The number of hydrogen-bond acceptors (Lipinski definition) is 4. The van der Waals surface area contributed by atoms with E-state index in [1.807, 2.05) is 0 Å². The molecule has 6 nitrogen and oxygen atoms in total. The Morgan fingerprint density at radius 2 is 2.05 bits per heavy atom. The van der Waals surface area contributed by atoms with Gasteiger partial charge in [-0.2, -0.15) is 0 Å². The molecule has 1 N–H and O–H groups in total. The van der Waals surface area contributed by atoms with Crippen molar-refractivity contribution >= 4 is 29.2 Å². The summed E-state index contributed by atoms with van der Waals surface area (Å²) in [5, 5.41) is 6.79. The van der Waals surface area contributed by atoms with Gasteiger partial charge in [0.1, 0.15) is 0 Å². The van der Waals surface area contributed by atoms with Gasteiger partial charge in [-0.3, -0.25) is 14.6 Å². The van der Waals surface area contributed by atoms with Gasteiger partial charge in [0.2, 0.25) is 0 Å². The van der Waals surface area contributed by atoms with Crippen molar-refractivity contribution in [3.63, 3.8) is 0 Å². The molecule has 1 aliphatic rings. The van der Waals surface area contributed by atoms with E-state index in [4.69, 9.17) is 17.0 Å². The lowest BCUT2D eigenvalue weighted by Crippen LogP contribution is -2.49. The van der Waals surface area contributed by atoms with Crippen LogP contribution < -0.4 is 5.32 Å². The summed E-state index contributed by atoms with van der Waals surface area (Å²) >= 11 is 5.26. The molecule has 0 aromatic rings. The van der Waals surface area contributed by atoms with Gasteiger partial charge in [-0.05, 0) is 32.5 Å². The Hall–Kier alpha value is -1.63. The number of hydrazine groups is 1. The molecule has 7 heteroatoms. The molecule has 1 saturated heterocycles. The molecule has 0 unspecified atom stereocenters. The summed E-state index contributed by atoms with van der Waals surface area (Å²) in [6, 6.07) is 0. The summed E-state index contributed by atoms with van der Waals surface area (Å²) in [5.74, 6) is -0.342. The van der Waals surface area contributed by atoms with E-state index in [2.05, 4.69) is 5.32 Å². The van der Waals surface area contributed by atoms with Gasteiger partial charge >= 0.3 is 5.97 Å². The van der Waals surface area contributed by atoms with Gasteiger partial charge in [0.05, 0.1) is 13.0 Å². The molecule has 1 aliphatic heterocycles. The molecular weight excluding hydrogens is 278 g/mol. The largest absolute Gasteiger partial charge is 0.466 e. The Labute approximate surface area is 124 Å². The first-order valence-electron chi connectivity index (χ1n) is 6.75. The second-order valence-corrected chi connectivity index (χ2v) is 4.61. The molecule has 1 heterocycles. The summed E-state index contributed by atoms with van der Waals surface area (Å²) in [7, 11) is 0. The molecule has 1 fully saturated rings. The highest BCUT2D eigenvalue weighted by molar-refractivity contribution is 7.80. The first kappa shape index (κ1) is 16.4. The molecule has 0 bridgehead atoms. The van der Waals surface area contributed by atoms with Crippen LogP contribution in [0.4, 0.5) is 0 Å². The van der Waals surface area contributed by atoms with Crippen LogP contribution in [-0.2, 0) is 14.3 Å². The average molecular weight is 299 g/mol. The number of hydrogen-bond donors (Lipinski definition) is 1. The fourth-order valence-corrected chi connectivity index (χ4v) is 2.17. The molecule has 0 aliphatic carbocycles. The Bertz CT molecular complexity index is 398. The number of amides is 1. The summed E-state index contributed by atoms with van der Waals surface area (Å²) in [6.45, 7) is 5.71. The minimum Gasteiger partial charge on any atom is -0.466 e. The lowest BCUT2D eigenvalue weighted by atomic mass is 10.4. The van der Waals surface area contributed by atoms with Crippen molar-refractivity contribution in [2.24, 2.45) is 0 Å². The van der Waals surface area contributed by atoms with Crippen LogP contribution in [-0.4, -0.2) is 53.2 Å². The maximum atomic E-state index is 11.9. The molecular formula is C13H21N3O3S. The second kappa shape index (κ2) is 8.52. The zero-order valence-corrected chi connectivity index (χ0v) is 12.7. The molecule has 0 atom stereocenters. The van der Waals surface area contributed by atoms with E-state index in [1.165, 1.54) is 6.08 Å². The summed E-state index contributed by atoms with van der Waals surface area (Å²) in [5.41, 5.74) is 0. The van der Waals surface area contributed by atoms with Crippen LogP contribution in [0.1, 0.15) is 26.7 Å². The molecule has 0 saturated carbocycles. The number of allylic oxidation sites excluding steroid dienone is 1. The van der Waals surface area contributed by atoms with Crippen LogP contribution in [0.15, 0.2) is 12.2 Å². The van der Waals surface area contributed by atoms with Gasteiger partial charge in [-0.15, -0.1) is 0 Å². The SMILES string of the molecule is C/C=C/C(=O)N1CCCN1C(=S)NCCC(=O)OCC. The Kier molecular flexibility index (Phi) is 7.00. The van der Waals surface area contributed by atoms with Crippen LogP contribution in [0.5, 0.6) is 0 Å².